The summed E-state index contributed by atoms with van der Waals surface area (Å²) in [5, 5.41) is 3.42. The number of allylic oxidation sites excluding steroid dienone is 2. The Morgan fingerprint density at radius 1 is 1.46 bits per heavy atom. The number of benzene rings is 1. The normalized spacial score (nSPS) is 24.7. The summed E-state index contributed by atoms with van der Waals surface area (Å²) in [5.74, 6) is -0.992. The summed E-state index contributed by atoms with van der Waals surface area (Å²) >= 11 is 0. The van der Waals surface area contributed by atoms with Crippen molar-refractivity contribution in [2.45, 2.75) is 32.9 Å². The van der Waals surface area contributed by atoms with Crippen LogP contribution in [0.5, 0.6) is 0 Å². The quantitative estimate of drug-likeness (QED) is 0.657. The maximum Gasteiger partial charge on any atom is 0.215 e. The molecule has 0 spiro atoms. The van der Waals surface area contributed by atoms with Crippen LogP contribution in [0, 0.1) is 17.6 Å². The van der Waals surface area contributed by atoms with Gasteiger partial charge in [0.2, 0.25) is 5.90 Å². The molecule has 2 aliphatic heterocycles. The average molecular weight is 361 g/mol. The first kappa shape index (κ1) is 18.6. The Hall–Kier alpha value is -2.21. The van der Waals surface area contributed by atoms with Crippen LogP contribution >= 0.6 is 0 Å². The minimum atomic E-state index is -0.883. The predicted octanol–water partition coefficient (Wildman–Crippen LogP) is 3.61. The maximum atomic E-state index is 13.9. The van der Waals surface area contributed by atoms with E-state index in [1.54, 1.807) is 6.92 Å². The molecule has 2 aliphatic rings. The molecule has 2 fully saturated rings. The first-order chi connectivity index (χ1) is 12.5. The molecule has 0 saturated carbocycles. The highest BCUT2D eigenvalue weighted by Gasteiger charge is 2.35. The van der Waals surface area contributed by atoms with Gasteiger partial charge >= 0.3 is 0 Å². The van der Waals surface area contributed by atoms with Crippen molar-refractivity contribution in [1.29, 1.82) is 0 Å². The van der Waals surface area contributed by atoms with E-state index in [2.05, 4.69) is 28.7 Å². The van der Waals surface area contributed by atoms with E-state index in [9.17, 15) is 8.78 Å². The molecule has 0 aliphatic carbocycles. The van der Waals surface area contributed by atoms with Crippen LogP contribution in [0.25, 0.3) is 0 Å². The maximum absolute atomic E-state index is 13.9. The Bertz CT molecular complexity index is 745. The van der Waals surface area contributed by atoms with Crippen molar-refractivity contribution in [3.63, 3.8) is 0 Å². The lowest BCUT2D eigenvalue weighted by Gasteiger charge is -2.33. The predicted molar refractivity (Wildman–Crippen MR) is 98.6 cm³/mol. The van der Waals surface area contributed by atoms with Crippen molar-refractivity contribution >= 4 is 5.90 Å². The molecule has 140 valence electrons. The van der Waals surface area contributed by atoms with Crippen LogP contribution in [0.4, 0.5) is 8.78 Å². The number of nitrogens with one attached hydrogen (secondary N) is 1. The third kappa shape index (κ3) is 4.12. The molecule has 2 saturated heterocycles. The summed E-state index contributed by atoms with van der Waals surface area (Å²) in [7, 11) is 0. The van der Waals surface area contributed by atoms with Crippen LogP contribution in [0.3, 0.4) is 0 Å². The van der Waals surface area contributed by atoms with Crippen LogP contribution in [0.1, 0.15) is 25.8 Å². The fourth-order valence-corrected chi connectivity index (χ4v) is 3.58. The van der Waals surface area contributed by atoms with Gasteiger partial charge in [-0.15, -0.1) is 0 Å². The van der Waals surface area contributed by atoms with Crippen LogP contribution in [-0.4, -0.2) is 36.5 Å². The Balaban J connectivity index is 1.80. The summed E-state index contributed by atoms with van der Waals surface area (Å²) in [5.41, 5.74) is 1.94. The van der Waals surface area contributed by atoms with Gasteiger partial charge in [-0.25, -0.2) is 13.8 Å². The first-order valence-corrected chi connectivity index (χ1v) is 8.94. The van der Waals surface area contributed by atoms with E-state index in [1.807, 2.05) is 6.08 Å². The number of fused-ring (bicyclic) bond motifs is 1. The van der Waals surface area contributed by atoms with E-state index in [-0.39, 0.29) is 12.2 Å². The fourth-order valence-electron chi connectivity index (χ4n) is 3.58. The van der Waals surface area contributed by atoms with Crippen molar-refractivity contribution < 1.29 is 13.5 Å². The molecule has 0 bridgehead atoms. The zero-order valence-electron chi connectivity index (χ0n) is 15.3. The average Bonchev–Trinajstić information content (AvgIpc) is 2.91. The van der Waals surface area contributed by atoms with Gasteiger partial charge in [-0.05, 0) is 25.3 Å². The highest BCUT2D eigenvalue weighted by molar-refractivity contribution is 5.89. The second-order valence-corrected chi connectivity index (χ2v) is 6.94. The molecular formula is C20H25F2N3O. The Labute approximate surface area is 153 Å². The van der Waals surface area contributed by atoms with Gasteiger partial charge in [0.25, 0.3) is 0 Å². The van der Waals surface area contributed by atoms with E-state index >= 15 is 0 Å². The third-order valence-electron chi connectivity index (χ3n) is 4.79. The number of hydrogen-bond acceptors (Lipinski definition) is 4. The van der Waals surface area contributed by atoms with Gasteiger partial charge in [0.05, 0.1) is 0 Å². The van der Waals surface area contributed by atoms with E-state index in [1.165, 1.54) is 17.8 Å². The van der Waals surface area contributed by atoms with Gasteiger partial charge in [0.15, 0.2) is 11.6 Å². The van der Waals surface area contributed by atoms with E-state index in [4.69, 9.17) is 4.74 Å². The van der Waals surface area contributed by atoms with Crippen LogP contribution in [0.2, 0.25) is 0 Å². The number of rotatable bonds is 4. The lowest BCUT2D eigenvalue weighted by molar-refractivity contribution is 0.243. The largest absolute Gasteiger partial charge is 0.473 e. The van der Waals surface area contributed by atoms with Crippen molar-refractivity contribution in [3.05, 3.63) is 59.4 Å². The molecule has 26 heavy (non-hydrogen) atoms. The van der Waals surface area contributed by atoms with Crippen molar-refractivity contribution in [1.82, 2.24) is 10.2 Å². The minimum absolute atomic E-state index is 0.0845. The standard InChI is InChI=1S/C20H25F2N3O/c1-13(2)24-19(26-12-15-5-4-6-17(21)20(15)22)10-18-14(3)9-16-11-23-7-8-25(16)18/h4-6,10,14,16,23H,1,7-9,11-12H2,2-3H3/b18-10+,24-19?. The number of aliphatic imine (C=N–C) groups is 1. The van der Waals surface area contributed by atoms with E-state index in [0.29, 0.717) is 23.6 Å². The summed E-state index contributed by atoms with van der Waals surface area (Å²) in [6.07, 6.45) is 3.00. The number of halogens is 2. The molecule has 0 aromatic heterocycles. The van der Waals surface area contributed by atoms with E-state index < -0.39 is 11.6 Å². The zero-order valence-corrected chi connectivity index (χ0v) is 15.3. The molecule has 2 heterocycles. The molecule has 0 radical (unpaired) electrons. The van der Waals surface area contributed by atoms with E-state index in [0.717, 1.165) is 32.1 Å². The Kier molecular flexibility index (Phi) is 5.71. The fraction of sp³-hybridized carbons (Fsp3) is 0.450. The monoisotopic (exact) mass is 361 g/mol. The highest BCUT2D eigenvalue weighted by atomic mass is 19.2. The van der Waals surface area contributed by atoms with Crippen LogP contribution in [-0.2, 0) is 11.3 Å². The molecule has 6 heteroatoms. The van der Waals surface area contributed by atoms with Gasteiger partial charge in [-0.1, -0.05) is 25.6 Å². The lowest BCUT2D eigenvalue weighted by atomic mass is 10.1. The SMILES string of the molecule is C=C(C)N=C(/C=C1\C(C)CC2CNCCN12)OCc1cccc(F)c1F. The summed E-state index contributed by atoms with van der Waals surface area (Å²) in [4.78, 5) is 6.73. The number of nitrogens with zero attached hydrogens (tertiary/aromatic N) is 2. The van der Waals surface area contributed by atoms with Gasteiger partial charge in [-0.2, -0.15) is 0 Å². The third-order valence-corrected chi connectivity index (χ3v) is 4.79. The highest BCUT2D eigenvalue weighted by Crippen LogP contribution is 2.33. The topological polar surface area (TPSA) is 36.9 Å². The second kappa shape index (κ2) is 7.99. The molecular weight excluding hydrogens is 336 g/mol. The Morgan fingerprint density at radius 3 is 3.04 bits per heavy atom. The molecule has 1 aromatic rings. The zero-order chi connectivity index (χ0) is 18.7. The van der Waals surface area contributed by atoms with Crippen LogP contribution in [0.15, 0.2) is 47.2 Å². The lowest BCUT2D eigenvalue weighted by Crippen LogP contribution is -2.47. The van der Waals surface area contributed by atoms with Crippen molar-refractivity contribution in [2.24, 2.45) is 10.9 Å². The molecule has 1 N–H and O–H groups in total. The summed E-state index contributed by atoms with van der Waals surface area (Å²) < 4.78 is 33.0. The Morgan fingerprint density at radius 2 is 2.27 bits per heavy atom. The van der Waals surface area contributed by atoms with Crippen LogP contribution < -0.4 is 5.32 Å². The second-order valence-electron chi connectivity index (χ2n) is 6.94. The molecule has 1 aromatic carbocycles. The first-order valence-electron chi connectivity index (χ1n) is 8.94. The smallest absolute Gasteiger partial charge is 0.215 e. The van der Waals surface area contributed by atoms with Crippen molar-refractivity contribution in [2.75, 3.05) is 19.6 Å². The number of piperazine rings is 1. The number of ether oxygens (including phenoxy) is 1. The molecule has 3 rings (SSSR count). The number of hydrogen-bond donors (Lipinski definition) is 1. The summed E-state index contributed by atoms with van der Waals surface area (Å²) in [6.45, 7) is 10.5. The summed E-state index contributed by atoms with van der Waals surface area (Å²) in [6, 6.07) is 4.55. The minimum Gasteiger partial charge on any atom is -0.473 e. The molecule has 4 nitrogen and oxygen atoms in total. The van der Waals surface area contributed by atoms with Gasteiger partial charge in [0.1, 0.15) is 6.61 Å². The molecule has 2 atom stereocenters. The van der Waals surface area contributed by atoms with Gasteiger partial charge in [0, 0.05) is 48.7 Å². The molecule has 0 amide bonds. The molecule has 2 unspecified atom stereocenters. The van der Waals surface area contributed by atoms with Gasteiger partial charge < -0.3 is 15.0 Å². The van der Waals surface area contributed by atoms with Crippen molar-refractivity contribution in [3.8, 4) is 0 Å². The van der Waals surface area contributed by atoms with Gasteiger partial charge in [-0.3, -0.25) is 0 Å².